The average molecular weight is 187 g/mol. The molecule has 0 unspecified atom stereocenters. The first-order valence-electron chi connectivity index (χ1n) is 3.81. The maximum Gasteiger partial charge on any atom is 0.235 e. The van der Waals surface area contributed by atoms with Gasteiger partial charge in [0.1, 0.15) is 0 Å². The molecule has 2 atom stereocenters. The summed E-state index contributed by atoms with van der Waals surface area (Å²) in [5, 5.41) is 0. The van der Waals surface area contributed by atoms with Crippen molar-refractivity contribution in [3.05, 3.63) is 0 Å². The normalized spacial score (nSPS) is 52.8. The maximum absolute atomic E-state index is 11.5. The highest BCUT2D eigenvalue weighted by molar-refractivity contribution is 8.20. The molecule has 11 heavy (non-hydrogen) atoms. The molecular formula is C7H9NOS2. The van der Waals surface area contributed by atoms with Crippen molar-refractivity contribution >= 4 is 29.4 Å². The van der Waals surface area contributed by atoms with Gasteiger partial charge < -0.3 is 4.90 Å². The number of rotatable bonds is 0. The van der Waals surface area contributed by atoms with E-state index in [1.165, 1.54) is 0 Å². The van der Waals surface area contributed by atoms with Crippen molar-refractivity contribution < 1.29 is 4.79 Å². The van der Waals surface area contributed by atoms with E-state index in [1.54, 1.807) is 0 Å². The van der Waals surface area contributed by atoms with E-state index in [0.29, 0.717) is 5.91 Å². The van der Waals surface area contributed by atoms with Gasteiger partial charge in [-0.1, -0.05) is 0 Å². The number of carbonyl (C=O) groups excluding carboxylic acids is 1. The molecule has 1 amide bonds. The fraction of sp³-hybridized carbons (Fsp3) is 0.857. The Morgan fingerprint density at radius 3 is 2.91 bits per heavy atom. The summed E-state index contributed by atoms with van der Waals surface area (Å²) in [6, 6.07) is 0. The highest BCUT2D eigenvalue weighted by Gasteiger charge is 2.77. The lowest BCUT2D eigenvalue weighted by molar-refractivity contribution is -0.163. The SMILES string of the molecule is C[C@]12CS[C@@]13SCCN3C2=O. The molecule has 3 heterocycles. The largest absolute Gasteiger partial charge is 0.316 e. The van der Waals surface area contributed by atoms with Crippen molar-refractivity contribution in [1.82, 2.24) is 4.90 Å². The molecule has 4 heteroatoms. The molecule has 60 valence electrons. The quantitative estimate of drug-likeness (QED) is 0.527. The molecule has 3 rings (SSSR count). The van der Waals surface area contributed by atoms with Gasteiger partial charge >= 0.3 is 0 Å². The number of hydrogen-bond acceptors (Lipinski definition) is 3. The molecule has 0 aliphatic carbocycles. The van der Waals surface area contributed by atoms with Gasteiger partial charge in [-0.3, -0.25) is 4.79 Å². The number of hydrogen-bond donors (Lipinski definition) is 0. The summed E-state index contributed by atoms with van der Waals surface area (Å²) in [4.78, 5) is 13.6. The zero-order valence-corrected chi connectivity index (χ0v) is 7.93. The van der Waals surface area contributed by atoms with Gasteiger partial charge in [0.25, 0.3) is 0 Å². The molecule has 0 saturated carbocycles. The van der Waals surface area contributed by atoms with E-state index < -0.39 is 0 Å². The van der Waals surface area contributed by atoms with Crippen LogP contribution in [-0.4, -0.2) is 33.1 Å². The summed E-state index contributed by atoms with van der Waals surface area (Å²) < 4.78 is 0.198. The molecular weight excluding hydrogens is 178 g/mol. The molecule has 0 radical (unpaired) electrons. The minimum Gasteiger partial charge on any atom is -0.316 e. The smallest absolute Gasteiger partial charge is 0.235 e. The molecule has 3 aliphatic heterocycles. The predicted octanol–water partition coefficient (Wildman–Crippen LogP) is 0.982. The van der Waals surface area contributed by atoms with Crippen molar-refractivity contribution in [2.45, 2.75) is 11.1 Å². The third-order valence-corrected chi connectivity index (χ3v) is 6.88. The van der Waals surface area contributed by atoms with Crippen LogP contribution >= 0.6 is 23.5 Å². The second kappa shape index (κ2) is 1.59. The van der Waals surface area contributed by atoms with Crippen molar-refractivity contribution in [1.29, 1.82) is 0 Å². The second-order valence-corrected chi connectivity index (χ2v) is 6.22. The zero-order valence-electron chi connectivity index (χ0n) is 6.29. The number of amides is 1. The van der Waals surface area contributed by atoms with E-state index in [0.717, 1.165) is 18.1 Å². The summed E-state index contributed by atoms with van der Waals surface area (Å²) in [6.07, 6.45) is 0. The first-order chi connectivity index (χ1) is 5.21. The van der Waals surface area contributed by atoms with E-state index in [2.05, 4.69) is 6.92 Å². The summed E-state index contributed by atoms with van der Waals surface area (Å²) in [5.41, 5.74) is 0.0127. The highest BCUT2D eigenvalue weighted by atomic mass is 32.2. The van der Waals surface area contributed by atoms with Crippen LogP contribution in [-0.2, 0) is 4.79 Å². The standard InChI is InChI=1S/C7H9NOS2/c1-6-4-11-7(6)8(5(6)9)2-3-10-7/h2-4H2,1H3/t6-,7+/m1/s1. The molecule has 0 N–H and O–H groups in total. The minimum atomic E-state index is 0.0127. The Hall–Kier alpha value is 0.170. The zero-order chi connectivity index (χ0) is 7.69. The highest BCUT2D eigenvalue weighted by Crippen LogP contribution is 2.72. The molecule has 0 aromatic heterocycles. The van der Waals surface area contributed by atoms with Gasteiger partial charge in [0.15, 0.2) is 4.20 Å². The number of thioether (sulfide) groups is 2. The average Bonchev–Trinajstić information content (AvgIpc) is 2.44. The second-order valence-electron chi connectivity index (χ2n) is 3.51. The minimum absolute atomic E-state index is 0.0127. The van der Waals surface area contributed by atoms with Gasteiger partial charge in [0.05, 0.1) is 5.41 Å². The van der Waals surface area contributed by atoms with E-state index in [4.69, 9.17) is 0 Å². The lowest BCUT2D eigenvalue weighted by Crippen LogP contribution is -2.78. The van der Waals surface area contributed by atoms with Crippen LogP contribution in [0.15, 0.2) is 0 Å². The van der Waals surface area contributed by atoms with Gasteiger partial charge in [0.2, 0.25) is 5.91 Å². The summed E-state index contributed by atoms with van der Waals surface area (Å²) in [6.45, 7) is 3.09. The van der Waals surface area contributed by atoms with Crippen LogP contribution < -0.4 is 0 Å². The van der Waals surface area contributed by atoms with Crippen LogP contribution in [0.3, 0.4) is 0 Å². The molecule has 3 saturated heterocycles. The number of β-lactam (4-membered cyclic amide) rings is 1. The monoisotopic (exact) mass is 187 g/mol. The van der Waals surface area contributed by atoms with Crippen LogP contribution in [0.4, 0.5) is 0 Å². The first-order valence-corrected chi connectivity index (χ1v) is 5.78. The Bertz CT molecular complexity index is 257. The molecule has 0 aromatic rings. The third-order valence-electron chi connectivity index (χ3n) is 2.94. The Kier molecular flexibility index (Phi) is 0.965. The molecule has 2 nitrogen and oxygen atoms in total. The molecule has 3 aliphatic rings. The number of nitrogens with zero attached hydrogens (tertiary/aromatic N) is 1. The van der Waals surface area contributed by atoms with E-state index >= 15 is 0 Å². The van der Waals surface area contributed by atoms with E-state index in [1.807, 2.05) is 28.4 Å². The fourth-order valence-corrected chi connectivity index (χ4v) is 5.75. The molecule has 1 spiro atoms. The Balaban J connectivity index is 2.06. The molecule has 0 aromatic carbocycles. The van der Waals surface area contributed by atoms with Crippen LogP contribution in [0, 0.1) is 5.41 Å². The summed E-state index contributed by atoms with van der Waals surface area (Å²) in [7, 11) is 0. The van der Waals surface area contributed by atoms with Crippen molar-refractivity contribution in [2.24, 2.45) is 5.41 Å². The lowest BCUT2D eigenvalue weighted by atomic mass is 9.80. The van der Waals surface area contributed by atoms with Crippen LogP contribution in [0.1, 0.15) is 6.92 Å². The fourth-order valence-electron chi connectivity index (χ4n) is 2.17. The van der Waals surface area contributed by atoms with Crippen molar-refractivity contribution in [2.75, 3.05) is 18.1 Å². The first kappa shape index (κ1) is 6.66. The molecule has 3 fully saturated rings. The van der Waals surface area contributed by atoms with Gasteiger partial charge in [-0.15, -0.1) is 23.5 Å². The van der Waals surface area contributed by atoms with Gasteiger partial charge in [-0.2, -0.15) is 0 Å². The third kappa shape index (κ3) is 0.442. The molecule has 0 bridgehead atoms. The van der Waals surface area contributed by atoms with Crippen molar-refractivity contribution in [3.63, 3.8) is 0 Å². The van der Waals surface area contributed by atoms with Gasteiger partial charge in [0, 0.05) is 18.1 Å². The predicted molar refractivity (Wildman–Crippen MR) is 47.5 cm³/mol. The van der Waals surface area contributed by atoms with Gasteiger partial charge in [-0.05, 0) is 6.92 Å². The number of carbonyl (C=O) groups is 1. The van der Waals surface area contributed by atoms with Crippen molar-refractivity contribution in [3.8, 4) is 0 Å². The maximum atomic E-state index is 11.5. The van der Waals surface area contributed by atoms with Crippen LogP contribution in [0.25, 0.3) is 0 Å². The summed E-state index contributed by atoms with van der Waals surface area (Å²) in [5.74, 6) is 2.56. The lowest BCUT2D eigenvalue weighted by Gasteiger charge is -2.66. The van der Waals surface area contributed by atoms with Crippen LogP contribution in [0.2, 0.25) is 0 Å². The Labute approximate surface area is 74.1 Å². The summed E-state index contributed by atoms with van der Waals surface area (Å²) >= 11 is 3.90. The van der Waals surface area contributed by atoms with Crippen LogP contribution in [0.5, 0.6) is 0 Å². The Morgan fingerprint density at radius 2 is 2.36 bits per heavy atom. The Morgan fingerprint density at radius 1 is 1.55 bits per heavy atom. The topological polar surface area (TPSA) is 20.3 Å². The van der Waals surface area contributed by atoms with Gasteiger partial charge in [-0.25, -0.2) is 0 Å². The van der Waals surface area contributed by atoms with E-state index in [9.17, 15) is 4.79 Å². The van der Waals surface area contributed by atoms with E-state index in [-0.39, 0.29) is 9.62 Å².